The van der Waals surface area contributed by atoms with Crippen LogP contribution >= 0.6 is 11.3 Å². The van der Waals surface area contributed by atoms with E-state index in [-0.39, 0.29) is 17.9 Å². The van der Waals surface area contributed by atoms with Gasteiger partial charge in [-0.15, -0.1) is 11.3 Å². The Kier molecular flexibility index (Phi) is 7.91. The van der Waals surface area contributed by atoms with Crippen molar-refractivity contribution >= 4 is 27.5 Å². The van der Waals surface area contributed by atoms with Gasteiger partial charge < -0.3 is 20.3 Å². The number of hydrogen-bond donors (Lipinski definition) is 2. The number of halogens is 3. The molecule has 0 saturated heterocycles. The first-order chi connectivity index (χ1) is 19.6. The summed E-state index contributed by atoms with van der Waals surface area (Å²) in [4.78, 5) is 19.4. The molecular weight excluding hydrogens is 555 g/mol. The number of carboxylic acid groups (broad SMARTS) is 1. The first-order valence-electron chi connectivity index (χ1n) is 12.4. The van der Waals surface area contributed by atoms with Crippen LogP contribution in [0.1, 0.15) is 17.2 Å². The molecule has 0 bridgehead atoms. The van der Waals surface area contributed by atoms with Gasteiger partial charge in [0.05, 0.1) is 12.6 Å². The van der Waals surface area contributed by atoms with Crippen LogP contribution < -0.4 is 15.2 Å². The summed E-state index contributed by atoms with van der Waals surface area (Å²) < 4.78 is 53.9. The average Bonchev–Trinajstić information content (AvgIpc) is 3.41. The summed E-state index contributed by atoms with van der Waals surface area (Å²) in [5.74, 6) is -0.619. The smallest absolute Gasteiger partial charge is 0.429 e. The van der Waals surface area contributed by atoms with E-state index in [9.17, 15) is 18.0 Å². The van der Waals surface area contributed by atoms with E-state index in [1.807, 2.05) is 12.1 Å². The molecule has 3 N–H and O–H groups in total. The van der Waals surface area contributed by atoms with Crippen LogP contribution in [-0.4, -0.2) is 40.4 Å². The number of nitrogens with zero attached hydrogens (tertiary/aromatic N) is 2. The molecule has 210 valence electrons. The van der Waals surface area contributed by atoms with E-state index in [4.69, 9.17) is 20.3 Å². The Hall–Kier alpha value is -4.48. The van der Waals surface area contributed by atoms with E-state index in [2.05, 4.69) is 9.97 Å². The average molecular weight is 580 g/mol. The second-order valence-corrected chi connectivity index (χ2v) is 10.1. The molecule has 2 heterocycles. The van der Waals surface area contributed by atoms with Crippen molar-refractivity contribution < 1.29 is 32.5 Å². The second kappa shape index (κ2) is 11.6. The molecule has 3 aromatic carbocycles. The first-order valence-corrected chi connectivity index (χ1v) is 13.3. The molecule has 0 aliphatic rings. The number of rotatable bonds is 9. The number of aromatic nitrogens is 2. The molecule has 0 aliphatic carbocycles. The fourth-order valence-electron chi connectivity index (χ4n) is 4.37. The molecule has 0 fully saturated rings. The minimum absolute atomic E-state index is 0.0668. The van der Waals surface area contributed by atoms with Gasteiger partial charge in [0.1, 0.15) is 22.8 Å². The third-order valence-corrected chi connectivity index (χ3v) is 7.46. The Morgan fingerprint density at radius 2 is 1.71 bits per heavy atom. The van der Waals surface area contributed by atoms with Crippen molar-refractivity contribution in [2.24, 2.45) is 5.73 Å². The molecule has 2 atom stereocenters. The van der Waals surface area contributed by atoms with Crippen LogP contribution in [0.2, 0.25) is 0 Å². The van der Waals surface area contributed by atoms with Gasteiger partial charge in [-0.2, -0.15) is 13.2 Å². The topological polar surface area (TPSA) is 108 Å². The third-order valence-electron chi connectivity index (χ3n) is 6.50. The number of benzene rings is 3. The Labute approximate surface area is 237 Å². The van der Waals surface area contributed by atoms with Crippen molar-refractivity contribution in [2.45, 2.75) is 24.7 Å². The summed E-state index contributed by atoms with van der Waals surface area (Å²) in [5.41, 5.74) is 9.73. The number of alkyl halides is 3. The Morgan fingerprint density at radius 3 is 2.37 bits per heavy atom. The standard InChI is InChI=1S/C30H24F3N3O4S/c1-39-22-4-2-3-21(14-22)18-9-11-20(12-10-18)27(30(31,32)33)40-28-26-25(35-16-36-28)23(15-41-26)19-7-5-17(6-8-19)13-24(34)29(37)38/h2-12,14-16,24,27H,13,34H2,1H3,(H,37,38)/t24?,27-/m1/s1. The largest absolute Gasteiger partial charge is 0.497 e. The van der Waals surface area contributed by atoms with E-state index in [0.29, 0.717) is 21.5 Å². The maximum Gasteiger partial charge on any atom is 0.429 e. The van der Waals surface area contributed by atoms with Crippen molar-refractivity contribution in [2.75, 3.05) is 7.11 Å². The zero-order valence-corrected chi connectivity index (χ0v) is 22.4. The van der Waals surface area contributed by atoms with E-state index in [0.717, 1.165) is 22.3 Å². The van der Waals surface area contributed by atoms with Crippen molar-refractivity contribution in [1.29, 1.82) is 0 Å². The second-order valence-electron chi connectivity index (χ2n) is 9.25. The van der Waals surface area contributed by atoms with Crippen LogP contribution in [0, 0.1) is 0 Å². The van der Waals surface area contributed by atoms with E-state index < -0.39 is 24.3 Å². The number of ether oxygens (including phenoxy) is 2. The summed E-state index contributed by atoms with van der Waals surface area (Å²) in [6.07, 6.45) is -5.61. The van der Waals surface area contributed by atoms with Gasteiger partial charge in [0.15, 0.2) is 0 Å². The Bertz CT molecular complexity index is 1670. The number of thiophene rings is 1. The lowest BCUT2D eigenvalue weighted by atomic mass is 10.0. The molecule has 0 amide bonds. The van der Waals surface area contributed by atoms with Gasteiger partial charge in [0.25, 0.3) is 0 Å². The summed E-state index contributed by atoms with van der Waals surface area (Å²) in [7, 11) is 1.55. The summed E-state index contributed by atoms with van der Waals surface area (Å²) in [5, 5.41) is 10.8. The van der Waals surface area contributed by atoms with Gasteiger partial charge in [-0.1, -0.05) is 60.7 Å². The highest BCUT2D eigenvalue weighted by Crippen LogP contribution is 2.42. The number of carboxylic acids is 1. The SMILES string of the molecule is COc1cccc(-c2ccc([C@@H](Oc3ncnc4c(-c5ccc(CC(N)C(=O)O)cc5)csc34)C(F)(F)F)cc2)c1. The van der Waals surface area contributed by atoms with Crippen LogP contribution in [0.5, 0.6) is 11.6 Å². The number of fused-ring (bicyclic) bond motifs is 1. The van der Waals surface area contributed by atoms with Crippen molar-refractivity contribution in [3.8, 4) is 33.9 Å². The number of hydrogen-bond acceptors (Lipinski definition) is 7. The molecule has 5 aromatic rings. The fourth-order valence-corrected chi connectivity index (χ4v) is 5.33. The maximum atomic E-state index is 14.2. The minimum atomic E-state index is -4.71. The normalized spacial score (nSPS) is 13.1. The van der Waals surface area contributed by atoms with Crippen LogP contribution in [-0.2, 0) is 11.2 Å². The third kappa shape index (κ3) is 6.16. The zero-order valence-electron chi connectivity index (χ0n) is 21.6. The molecule has 0 radical (unpaired) electrons. The van der Waals surface area contributed by atoms with Crippen molar-refractivity contribution in [3.63, 3.8) is 0 Å². The first kappa shape index (κ1) is 28.1. The molecule has 7 nitrogen and oxygen atoms in total. The molecule has 1 unspecified atom stereocenters. The number of carbonyl (C=O) groups is 1. The van der Waals surface area contributed by atoms with Crippen LogP contribution in [0.3, 0.4) is 0 Å². The van der Waals surface area contributed by atoms with E-state index >= 15 is 0 Å². The number of aliphatic carboxylic acids is 1. The predicted molar refractivity (Wildman–Crippen MR) is 150 cm³/mol. The monoisotopic (exact) mass is 579 g/mol. The van der Waals surface area contributed by atoms with E-state index in [1.165, 1.54) is 29.8 Å². The molecule has 5 rings (SSSR count). The van der Waals surface area contributed by atoms with Gasteiger partial charge >= 0.3 is 12.1 Å². The highest BCUT2D eigenvalue weighted by molar-refractivity contribution is 7.18. The maximum absolute atomic E-state index is 14.2. The van der Waals surface area contributed by atoms with E-state index in [1.54, 1.807) is 61.0 Å². The molecule has 2 aromatic heterocycles. The van der Waals surface area contributed by atoms with Crippen LogP contribution in [0.15, 0.2) is 84.5 Å². The van der Waals surface area contributed by atoms with Gasteiger partial charge in [-0.05, 0) is 40.8 Å². The van der Waals surface area contributed by atoms with Gasteiger partial charge in [-0.25, -0.2) is 9.97 Å². The molecule has 41 heavy (non-hydrogen) atoms. The minimum Gasteiger partial charge on any atom is -0.497 e. The zero-order chi connectivity index (χ0) is 29.1. The lowest BCUT2D eigenvalue weighted by molar-refractivity contribution is -0.198. The number of methoxy groups -OCH3 is 1. The summed E-state index contributed by atoms with van der Waals surface area (Å²) >= 11 is 1.18. The Morgan fingerprint density at radius 1 is 1.00 bits per heavy atom. The van der Waals surface area contributed by atoms with Gasteiger partial charge in [-0.3, -0.25) is 4.79 Å². The van der Waals surface area contributed by atoms with Crippen LogP contribution in [0.25, 0.3) is 32.5 Å². The summed E-state index contributed by atoms with van der Waals surface area (Å²) in [6, 6.07) is 19.3. The molecule has 0 aliphatic heterocycles. The lowest BCUT2D eigenvalue weighted by Crippen LogP contribution is -2.32. The van der Waals surface area contributed by atoms with Crippen molar-refractivity contribution in [3.05, 3.63) is 95.6 Å². The quantitative estimate of drug-likeness (QED) is 0.201. The Balaban J connectivity index is 1.42. The van der Waals surface area contributed by atoms with Gasteiger partial charge in [0.2, 0.25) is 12.0 Å². The van der Waals surface area contributed by atoms with Crippen molar-refractivity contribution in [1.82, 2.24) is 9.97 Å². The molecule has 0 spiro atoms. The lowest BCUT2D eigenvalue weighted by Gasteiger charge is -2.22. The predicted octanol–water partition coefficient (Wildman–Crippen LogP) is 6.67. The summed E-state index contributed by atoms with van der Waals surface area (Å²) in [6.45, 7) is 0. The highest BCUT2D eigenvalue weighted by atomic mass is 32.1. The molecule has 11 heteroatoms. The van der Waals surface area contributed by atoms with Crippen LogP contribution in [0.4, 0.5) is 13.2 Å². The highest BCUT2D eigenvalue weighted by Gasteiger charge is 2.43. The molecular formula is C30H24F3N3O4S. The van der Waals surface area contributed by atoms with Gasteiger partial charge in [0, 0.05) is 16.5 Å². The fraction of sp³-hybridized carbons (Fsp3) is 0.167. The number of nitrogens with two attached hydrogens (primary N) is 1. The molecule has 0 saturated carbocycles.